The number of carbonyl (C=O) groups is 1. The van der Waals surface area contributed by atoms with Crippen LogP contribution in [-0.2, 0) is 0 Å². The summed E-state index contributed by atoms with van der Waals surface area (Å²) in [6.07, 6.45) is 0. The van der Waals surface area contributed by atoms with Gasteiger partial charge in [0, 0.05) is 10.9 Å². The summed E-state index contributed by atoms with van der Waals surface area (Å²) in [4.78, 5) is 11.3. The molecule has 0 fully saturated rings. The van der Waals surface area contributed by atoms with Crippen LogP contribution < -0.4 is 0 Å². The van der Waals surface area contributed by atoms with Crippen molar-refractivity contribution in [2.24, 2.45) is 0 Å². The summed E-state index contributed by atoms with van der Waals surface area (Å²) in [5.74, 6) is -0.903. The van der Waals surface area contributed by atoms with Crippen molar-refractivity contribution in [2.75, 3.05) is 0 Å². The second-order valence-electron chi connectivity index (χ2n) is 3.76. The number of hydrogen-bond acceptors (Lipinski definition) is 3. The maximum Gasteiger partial charge on any atom is 0.346 e. The topological polar surface area (TPSA) is 50.4 Å². The van der Waals surface area contributed by atoms with Gasteiger partial charge in [0.25, 0.3) is 0 Å². The number of furan rings is 1. The van der Waals surface area contributed by atoms with Crippen molar-refractivity contribution in [1.29, 1.82) is 0 Å². The minimum absolute atomic E-state index is 0.217. The van der Waals surface area contributed by atoms with Gasteiger partial charge >= 0.3 is 5.97 Å². The van der Waals surface area contributed by atoms with Gasteiger partial charge in [0.1, 0.15) is 22.0 Å². The van der Waals surface area contributed by atoms with Gasteiger partial charge in [-0.3, -0.25) is 0 Å². The highest BCUT2D eigenvalue weighted by Gasteiger charge is 2.16. The van der Waals surface area contributed by atoms with E-state index in [0.717, 1.165) is 11.3 Å². The first-order chi connectivity index (χ1) is 8.65. The van der Waals surface area contributed by atoms with Gasteiger partial charge in [0.2, 0.25) is 0 Å². The van der Waals surface area contributed by atoms with Crippen LogP contribution >= 0.6 is 11.3 Å². The van der Waals surface area contributed by atoms with Crippen molar-refractivity contribution in [3.63, 3.8) is 0 Å². The molecule has 0 atom stereocenters. The quantitative estimate of drug-likeness (QED) is 0.759. The van der Waals surface area contributed by atoms with E-state index in [-0.39, 0.29) is 10.7 Å². The Morgan fingerprint density at radius 3 is 2.89 bits per heavy atom. The Morgan fingerprint density at radius 1 is 1.28 bits per heavy atom. The molecule has 0 aliphatic heterocycles. The molecule has 1 aromatic carbocycles. The number of carboxylic acids is 1. The van der Waals surface area contributed by atoms with E-state index in [0.29, 0.717) is 22.3 Å². The molecule has 5 heteroatoms. The molecule has 2 aromatic heterocycles. The third-order valence-corrected chi connectivity index (χ3v) is 3.51. The maximum atomic E-state index is 13.1. The molecule has 0 saturated carbocycles. The third kappa shape index (κ3) is 1.69. The first-order valence-corrected chi connectivity index (χ1v) is 6.03. The van der Waals surface area contributed by atoms with Gasteiger partial charge in [-0.25, -0.2) is 9.18 Å². The maximum absolute atomic E-state index is 13.1. The molecule has 3 nitrogen and oxygen atoms in total. The third-order valence-electron chi connectivity index (χ3n) is 2.60. The van der Waals surface area contributed by atoms with Crippen molar-refractivity contribution >= 4 is 28.3 Å². The Labute approximate surface area is 105 Å². The molecule has 0 radical (unpaired) electrons. The first-order valence-electron chi connectivity index (χ1n) is 5.15. The van der Waals surface area contributed by atoms with Crippen molar-refractivity contribution < 1.29 is 18.7 Å². The van der Waals surface area contributed by atoms with E-state index in [2.05, 4.69) is 0 Å². The van der Waals surface area contributed by atoms with Crippen LogP contribution in [0.25, 0.3) is 22.3 Å². The van der Waals surface area contributed by atoms with E-state index in [1.54, 1.807) is 17.5 Å². The molecular formula is C13H7FO3S. The Morgan fingerprint density at radius 2 is 2.11 bits per heavy atom. The van der Waals surface area contributed by atoms with Gasteiger partial charge in [-0.15, -0.1) is 11.3 Å². The lowest BCUT2D eigenvalue weighted by Crippen LogP contribution is -1.93. The van der Waals surface area contributed by atoms with Crippen molar-refractivity contribution in [2.45, 2.75) is 0 Å². The molecule has 3 rings (SSSR count). The van der Waals surface area contributed by atoms with Gasteiger partial charge in [-0.2, -0.15) is 0 Å². The standard InChI is InChI=1S/C13H7FO3S/c14-8-1-2-10-7(5-8)6-11(17-10)9-3-4-18-12(9)13(15)16/h1-6H,(H,15,16). The summed E-state index contributed by atoms with van der Waals surface area (Å²) in [6.45, 7) is 0. The second kappa shape index (κ2) is 3.96. The van der Waals surface area contributed by atoms with Crippen LogP contribution in [0, 0.1) is 5.82 Å². The SMILES string of the molecule is O=C(O)c1sccc1-c1cc2cc(F)ccc2o1. The summed E-state index contributed by atoms with van der Waals surface area (Å²) in [6, 6.07) is 7.52. The highest BCUT2D eigenvalue weighted by molar-refractivity contribution is 7.12. The van der Waals surface area contributed by atoms with E-state index in [9.17, 15) is 9.18 Å². The Balaban J connectivity index is 2.19. The highest BCUT2D eigenvalue weighted by atomic mass is 32.1. The van der Waals surface area contributed by atoms with E-state index >= 15 is 0 Å². The van der Waals surface area contributed by atoms with Crippen molar-refractivity contribution in [3.8, 4) is 11.3 Å². The summed E-state index contributed by atoms with van der Waals surface area (Å²) in [5.41, 5.74) is 1.05. The van der Waals surface area contributed by atoms with Crippen LogP contribution in [0.1, 0.15) is 9.67 Å². The van der Waals surface area contributed by atoms with E-state index in [1.807, 2.05) is 0 Å². The van der Waals surface area contributed by atoms with Gasteiger partial charge in [0.15, 0.2) is 0 Å². The Hall–Kier alpha value is -2.14. The fourth-order valence-electron chi connectivity index (χ4n) is 1.82. The summed E-state index contributed by atoms with van der Waals surface area (Å²) >= 11 is 1.13. The summed E-state index contributed by atoms with van der Waals surface area (Å²) in [7, 11) is 0. The molecular weight excluding hydrogens is 255 g/mol. The predicted octanol–water partition coefficient (Wildman–Crippen LogP) is 4.00. The van der Waals surface area contributed by atoms with E-state index < -0.39 is 5.97 Å². The van der Waals surface area contributed by atoms with Crippen LogP contribution in [0.4, 0.5) is 4.39 Å². The molecule has 18 heavy (non-hydrogen) atoms. The number of rotatable bonds is 2. The van der Waals surface area contributed by atoms with Gasteiger partial charge in [-0.1, -0.05) is 0 Å². The number of halogens is 1. The molecule has 0 bridgehead atoms. The molecule has 0 aliphatic carbocycles. The van der Waals surface area contributed by atoms with Gasteiger partial charge in [-0.05, 0) is 35.7 Å². The second-order valence-corrected chi connectivity index (χ2v) is 4.68. The first kappa shape index (κ1) is 11.0. The lowest BCUT2D eigenvalue weighted by atomic mass is 10.2. The van der Waals surface area contributed by atoms with Crippen molar-refractivity contribution in [3.05, 3.63) is 46.4 Å². The average Bonchev–Trinajstić information content (AvgIpc) is 2.93. The molecule has 0 unspecified atom stereocenters. The van der Waals surface area contributed by atoms with Crippen LogP contribution in [-0.4, -0.2) is 11.1 Å². The Kier molecular flexibility index (Phi) is 2.41. The molecule has 90 valence electrons. The monoisotopic (exact) mass is 262 g/mol. The minimum atomic E-state index is -0.994. The molecule has 1 N–H and O–H groups in total. The van der Waals surface area contributed by atoms with E-state index in [1.165, 1.54) is 18.2 Å². The average molecular weight is 262 g/mol. The lowest BCUT2D eigenvalue weighted by molar-refractivity contribution is 0.0702. The Bertz CT molecular complexity index is 742. The smallest absolute Gasteiger partial charge is 0.346 e. The molecule has 0 aliphatic rings. The zero-order valence-electron chi connectivity index (χ0n) is 9.01. The minimum Gasteiger partial charge on any atom is -0.477 e. The number of thiophene rings is 1. The predicted molar refractivity (Wildman–Crippen MR) is 66.4 cm³/mol. The van der Waals surface area contributed by atoms with Crippen LogP contribution in [0.3, 0.4) is 0 Å². The zero-order valence-corrected chi connectivity index (χ0v) is 9.83. The van der Waals surface area contributed by atoms with Crippen LogP contribution in [0.5, 0.6) is 0 Å². The summed E-state index contributed by atoms with van der Waals surface area (Å²) in [5, 5.41) is 11.3. The normalized spacial score (nSPS) is 10.9. The van der Waals surface area contributed by atoms with Crippen LogP contribution in [0.2, 0.25) is 0 Å². The lowest BCUT2D eigenvalue weighted by Gasteiger charge is -1.94. The fraction of sp³-hybridized carbons (Fsp3) is 0. The van der Waals surface area contributed by atoms with Gasteiger partial charge in [0.05, 0.1) is 0 Å². The highest BCUT2D eigenvalue weighted by Crippen LogP contribution is 2.33. The molecule has 3 aromatic rings. The molecule has 2 heterocycles. The number of benzene rings is 1. The molecule has 0 saturated heterocycles. The number of hydrogen-bond donors (Lipinski definition) is 1. The van der Waals surface area contributed by atoms with E-state index in [4.69, 9.17) is 9.52 Å². The zero-order chi connectivity index (χ0) is 12.7. The van der Waals surface area contributed by atoms with Crippen molar-refractivity contribution in [1.82, 2.24) is 0 Å². The number of aromatic carboxylic acids is 1. The van der Waals surface area contributed by atoms with Crippen LogP contribution in [0.15, 0.2) is 40.1 Å². The number of carboxylic acid groups (broad SMARTS) is 1. The fourth-order valence-corrected chi connectivity index (χ4v) is 2.55. The largest absolute Gasteiger partial charge is 0.477 e. The molecule has 0 spiro atoms. The summed E-state index contributed by atoms with van der Waals surface area (Å²) < 4.78 is 18.6. The number of fused-ring (bicyclic) bond motifs is 1. The van der Waals surface area contributed by atoms with Gasteiger partial charge < -0.3 is 9.52 Å². The molecule has 0 amide bonds.